The molecule has 2 aromatic carbocycles. The number of rotatable bonds is 6. The molecule has 2 aromatic rings. The van der Waals surface area contributed by atoms with Crippen LogP contribution in [0.1, 0.15) is 11.1 Å². The lowest BCUT2D eigenvalue weighted by atomic mass is 10.2. The van der Waals surface area contributed by atoms with Gasteiger partial charge in [0.05, 0.1) is 15.6 Å². The Morgan fingerprint density at radius 1 is 1.04 bits per heavy atom. The van der Waals surface area contributed by atoms with Crippen LogP contribution in [0.3, 0.4) is 0 Å². The molecule has 0 heterocycles. The molecule has 9 heteroatoms. The van der Waals surface area contributed by atoms with Crippen molar-refractivity contribution in [3.05, 3.63) is 63.6 Å². The van der Waals surface area contributed by atoms with Crippen molar-refractivity contribution in [3.8, 4) is 0 Å². The summed E-state index contributed by atoms with van der Waals surface area (Å²) in [6, 6.07) is 10.2. The van der Waals surface area contributed by atoms with Gasteiger partial charge in [-0.1, -0.05) is 29.3 Å². The van der Waals surface area contributed by atoms with E-state index in [0.29, 0.717) is 27.4 Å². The minimum atomic E-state index is -4.34. The fourth-order valence-electron chi connectivity index (χ4n) is 1.97. The van der Waals surface area contributed by atoms with Crippen LogP contribution < -0.4 is 10.6 Å². The molecule has 0 saturated carbocycles. The highest BCUT2D eigenvalue weighted by molar-refractivity contribution is 7.98. The minimum Gasteiger partial charge on any atom is -0.362 e. The third kappa shape index (κ3) is 6.87. The summed E-state index contributed by atoms with van der Waals surface area (Å²) in [5.41, 5.74) is 0.884. The van der Waals surface area contributed by atoms with Gasteiger partial charge in [0.25, 0.3) is 0 Å². The van der Waals surface area contributed by atoms with Crippen LogP contribution in [0, 0.1) is 0 Å². The number of thiocarbonyl (C=S) groups is 1. The van der Waals surface area contributed by atoms with Crippen LogP contribution in [0.25, 0.3) is 0 Å². The van der Waals surface area contributed by atoms with Crippen LogP contribution in [0.2, 0.25) is 10.0 Å². The van der Waals surface area contributed by atoms with E-state index in [1.807, 2.05) is 12.1 Å². The fraction of sp³-hybridized carbons (Fsp3) is 0.235. The maximum atomic E-state index is 12.5. The molecule has 26 heavy (non-hydrogen) atoms. The summed E-state index contributed by atoms with van der Waals surface area (Å²) in [6.07, 6.45) is -4.34. The van der Waals surface area contributed by atoms with Gasteiger partial charge < -0.3 is 10.6 Å². The zero-order valence-electron chi connectivity index (χ0n) is 13.4. The van der Waals surface area contributed by atoms with Gasteiger partial charge in [0.2, 0.25) is 0 Å². The van der Waals surface area contributed by atoms with E-state index in [2.05, 4.69) is 10.6 Å². The lowest BCUT2D eigenvalue weighted by Crippen LogP contribution is -2.30. The molecule has 0 aliphatic heterocycles. The van der Waals surface area contributed by atoms with Crippen molar-refractivity contribution >= 4 is 58.0 Å². The predicted octanol–water partition coefficient (Wildman–Crippen LogP) is 6.23. The van der Waals surface area contributed by atoms with Crippen molar-refractivity contribution in [1.82, 2.24) is 5.32 Å². The molecule has 0 fully saturated rings. The van der Waals surface area contributed by atoms with E-state index in [0.717, 1.165) is 29.2 Å². The Balaban J connectivity index is 1.68. The maximum Gasteiger partial charge on any atom is 0.416 e. The highest BCUT2D eigenvalue weighted by atomic mass is 35.5. The highest BCUT2D eigenvalue weighted by Crippen LogP contribution is 2.29. The van der Waals surface area contributed by atoms with Gasteiger partial charge in [-0.15, -0.1) is 0 Å². The van der Waals surface area contributed by atoms with Crippen LogP contribution in [0.5, 0.6) is 0 Å². The monoisotopic (exact) mass is 438 g/mol. The first-order valence-electron chi connectivity index (χ1n) is 7.49. The molecule has 0 aromatic heterocycles. The van der Waals surface area contributed by atoms with Crippen molar-refractivity contribution < 1.29 is 13.2 Å². The third-order valence-electron chi connectivity index (χ3n) is 3.25. The van der Waals surface area contributed by atoms with E-state index < -0.39 is 11.7 Å². The second kappa shape index (κ2) is 9.69. The Labute approximate surface area is 169 Å². The second-order valence-corrected chi connectivity index (χ2v) is 7.58. The van der Waals surface area contributed by atoms with Gasteiger partial charge in [-0.2, -0.15) is 24.9 Å². The summed E-state index contributed by atoms with van der Waals surface area (Å²) in [4.78, 5) is 0. The highest BCUT2D eigenvalue weighted by Gasteiger charge is 2.29. The molecule has 0 saturated heterocycles. The summed E-state index contributed by atoms with van der Waals surface area (Å²) in [6.45, 7) is 0.623. The van der Waals surface area contributed by atoms with Crippen LogP contribution in [-0.2, 0) is 11.9 Å². The van der Waals surface area contributed by atoms with Crippen LogP contribution in [0.15, 0.2) is 42.5 Å². The van der Waals surface area contributed by atoms with Gasteiger partial charge in [-0.25, -0.2) is 0 Å². The van der Waals surface area contributed by atoms with Gasteiger partial charge in [-0.3, -0.25) is 0 Å². The third-order valence-corrected chi connectivity index (χ3v) is 5.27. The average Bonchev–Trinajstić information content (AvgIpc) is 2.57. The van der Waals surface area contributed by atoms with Crippen molar-refractivity contribution in [2.24, 2.45) is 0 Å². The normalized spacial score (nSPS) is 11.3. The molecule has 0 amide bonds. The summed E-state index contributed by atoms with van der Waals surface area (Å²) < 4.78 is 37.5. The SMILES string of the molecule is FC(F)(F)c1ccc(NC(=S)NCCSCc2ccc(Cl)c(Cl)c2)cc1. The van der Waals surface area contributed by atoms with Gasteiger partial charge in [0, 0.05) is 23.7 Å². The van der Waals surface area contributed by atoms with Crippen molar-refractivity contribution in [3.63, 3.8) is 0 Å². The Morgan fingerprint density at radius 2 is 1.73 bits per heavy atom. The van der Waals surface area contributed by atoms with Crippen LogP contribution in [0.4, 0.5) is 18.9 Å². The van der Waals surface area contributed by atoms with Gasteiger partial charge in [0.1, 0.15) is 0 Å². The fourth-order valence-corrected chi connectivity index (χ4v) is 3.32. The van der Waals surface area contributed by atoms with Crippen molar-refractivity contribution in [1.29, 1.82) is 0 Å². The topological polar surface area (TPSA) is 24.1 Å². The van der Waals surface area contributed by atoms with Crippen molar-refractivity contribution in [2.45, 2.75) is 11.9 Å². The molecule has 0 radical (unpaired) electrons. The molecule has 2 N–H and O–H groups in total. The van der Waals surface area contributed by atoms with E-state index in [9.17, 15) is 13.2 Å². The quantitative estimate of drug-likeness (QED) is 0.412. The first-order valence-corrected chi connectivity index (χ1v) is 9.81. The zero-order chi connectivity index (χ0) is 19.2. The number of anilines is 1. The van der Waals surface area contributed by atoms with E-state index in [1.165, 1.54) is 12.1 Å². The summed E-state index contributed by atoms with van der Waals surface area (Å²) in [5, 5.41) is 7.29. The number of thioether (sulfide) groups is 1. The number of hydrogen-bond acceptors (Lipinski definition) is 2. The molecule has 0 unspecified atom stereocenters. The molecule has 2 rings (SSSR count). The van der Waals surface area contributed by atoms with Gasteiger partial charge in [-0.05, 0) is 54.2 Å². The van der Waals surface area contributed by atoms with Crippen molar-refractivity contribution in [2.75, 3.05) is 17.6 Å². The smallest absolute Gasteiger partial charge is 0.362 e. The lowest BCUT2D eigenvalue weighted by molar-refractivity contribution is -0.137. The molecule has 0 bridgehead atoms. The first-order chi connectivity index (χ1) is 12.3. The molecule has 2 nitrogen and oxygen atoms in total. The standard InChI is InChI=1S/C17H15Cl2F3N2S2/c18-14-6-1-11(9-15(14)19)10-26-8-7-23-16(25)24-13-4-2-12(3-5-13)17(20,21)22/h1-6,9H,7-8,10H2,(H2,23,24,25). The average molecular weight is 439 g/mol. The maximum absolute atomic E-state index is 12.5. The number of hydrogen-bond donors (Lipinski definition) is 2. The number of halogens is 5. The second-order valence-electron chi connectivity index (χ2n) is 5.26. The number of alkyl halides is 3. The van der Waals surface area contributed by atoms with E-state index in [1.54, 1.807) is 17.8 Å². The Hall–Kier alpha value is -1.15. The lowest BCUT2D eigenvalue weighted by Gasteiger charge is -2.12. The molecule has 0 spiro atoms. The van der Waals surface area contributed by atoms with E-state index in [-0.39, 0.29) is 0 Å². The van der Waals surface area contributed by atoms with Crippen LogP contribution in [-0.4, -0.2) is 17.4 Å². The molecular formula is C17H15Cl2F3N2S2. The van der Waals surface area contributed by atoms with E-state index >= 15 is 0 Å². The van der Waals surface area contributed by atoms with Gasteiger partial charge in [0.15, 0.2) is 5.11 Å². The Morgan fingerprint density at radius 3 is 2.35 bits per heavy atom. The largest absolute Gasteiger partial charge is 0.416 e. The molecule has 0 atom stereocenters. The summed E-state index contributed by atoms with van der Waals surface area (Å²) >= 11 is 18.7. The molecule has 0 aliphatic carbocycles. The number of nitrogens with one attached hydrogen (secondary N) is 2. The minimum absolute atomic E-state index is 0.361. The number of benzene rings is 2. The molecular weight excluding hydrogens is 424 g/mol. The summed E-state index contributed by atoms with van der Waals surface area (Å²) in [5.74, 6) is 1.59. The summed E-state index contributed by atoms with van der Waals surface area (Å²) in [7, 11) is 0. The zero-order valence-corrected chi connectivity index (χ0v) is 16.5. The molecule has 0 aliphatic rings. The Kier molecular flexibility index (Phi) is 7.88. The predicted molar refractivity (Wildman–Crippen MR) is 108 cm³/mol. The Bertz CT molecular complexity index is 753. The van der Waals surface area contributed by atoms with E-state index in [4.69, 9.17) is 35.4 Å². The van der Waals surface area contributed by atoms with Crippen LogP contribution >= 0.6 is 47.2 Å². The molecule has 140 valence electrons. The first kappa shape index (κ1) is 21.2. The van der Waals surface area contributed by atoms with Gasteiger partial charge >= 0.3 is 6.18 Å².